The van der Waals surface area contributed by atoms with E-state index >= 15 is 0 Å². The van der Waals surface area contributed by atoms with Gasteiger partial charge in [0.05, 0.1) is 6.61 Å². The van der Waals surface area contributed by atoms with Crippen LogP contribution < -0.4 is 5.32 Å². The van der Waals surface area contributed by atoms with Crippen LogP contribution in [0.5, 0.6) is 0 Å². The first-order valence-corrected chi connectivity index (χ1v) is 5.06. The molecular formula is C10H24N2O. The minimum atomic E-state index is 0.730. The number of hydrogen-bond donors (Lipinski definition) is 1. The Morgan fingerprint density at radius 1 is 1.31 bits per heavy atom. The molecule has 0 amide bonds. The summed E-state index contributed by atoms with van der Waals surface area (Å²) in [5.74, 6) is 0.730. The van der Waals surface area contributed by atoms with Crippen LogP contribution in [0.1, 0.15) is 13.8 Å². The average Bonchev–Trinajstić information content (AvgIpc) is 2.09. The van der Waals surface area contributed by atoms with E-state index in [1.54, 1.807) is 7.11 Å². The summed E-state index contributed by atoms with van der Waals surface area (Å²) in [7, 11) is 3.75. The third-order valence-corrected chi connectivity index (χ3v) is 1.91. The largest absolute Gasteiger partial charge is 0.383 e. The summed E-state index contributed by atoms with van der Waals surface area (Å²) >= 11 is 0. The van der Waals surface area contributed by atoms with Gasteiger partial charge in [-0.15, -0.1) is 0 Å². The molecule has 0 rings (SSSR count). The Labute approximate surface area is 82.4 Å². The lowest BCUT2D eigenvalue weighted by molar-refractivity contribution is 0.141. The molecule has 0 fully saturated rings. The van der Waals surface area contributed by atoms with Crippen molar-refractivity contribution in [3.8, 4) is 0 Å². The highest BCUT2D eigenvalue weighted by Crippen LogP contribution is 1.97. The molecule has 0 saturated heterocycles. The number of ether oxygens (including phenoxy) is 1. The fourth-order valence-corrected chi connectivity index (χ4v) is 1.30. The Hall–Kier alpha value is -0.120. The molecule has 0 aromatic heterocycles. The standard InChI is InChI=1S/C10H24N2O/c1-10(2)9-12(6-5-11-3)7-8-13-4/h10-11H,5-9H2,1-4H3. The van der Waals surface area contributed by atoms with Crippen molar-refractivity contribution in [2.75, 3.05) is 46.9 Å². The highest BCUT2D eigenvalue weighted by molar-refractivity contribution is 4.60. The lowest BCUT2D eigenvalue weighted by atomic mass is 10.2. The van der Waals surface area contributed by atoms with E-state index in [0.29, 0.717) is 0 Å². The van der Waals surface area contributed by atoms with Gasteiger partial charge in [-0.3, -0.25) is 4.90 Å². The summed E-state index contributed by atoms with van der Waals surface area (Å²) in [6, 6.07) is 0. The third kappa shape index (κ3) is 8.22. The van der Waals surface area contributed by atoms with Gasteiger partial charge >= 0.3 is 0 Å². The average molecular weight is 188 g/mol. The zero-order chi connectivity index (χ0) is 10.1. The van der Waals surface area contributed by atoms with Gasteiger partial charge in [-0.05, 0) is 13.0 Å². The van der Waals surface area contributed by atoms with Gasteiger partial charge in [-0.1, -0.05) is 13.8 Å². The number of methoxy groups -OCH3 is 1. The van der Waals surface area contributed by atoms with Crippen LogP contribution >= 0.6 is 0 Å². The maximum absolute atomic E-state index is 5.07. The van der Waals surface area contributed by atoms with E-state index in [-0.39, 0.29) is 0 Å². The number of nitrogens with one attached hydrogen (secondary N) is 1. The molecule has 1 N–H and O–H groups in total. The highest BCUT2D eigenvalue weighted by atomic mass is 16.5. The second-order valence-electron chi connectivity index (χ2n) is 3.79. The van der Waals surface area contributed by atoms with Crippen molar-refractivity contribution in [1.29, 1.82) is 0 Å². The van der Waals surface area contributed by atoms with Crippen molar-refractivity contribution in [3.63, 3.8) is 0 Å². The summed E-state index contributed by atoms with van der Waals surface area (Å²) in [4.78, 5) is 2.44. The van der Waals surface area contributed by atoms with E-state index in [4.69, 9.17) is 4.74 Å². The molecule has 0 aliphatic rings. The number of rotatable bonds is 8. The number of hydrogen-bond acceptors (Lipinski definition) is 3. The number of likely N-dealkylation sites (N-methyl/N-ethyl adjacent to an activating group) is 1. The Balaban J connectivity index is 3.60. The first kappa shape index (κ1) is 12.9. The van der Waals surface area contributed by atoms with Crippen molar-refractivity contribution in [2.24, 2.45) is 5.92 Å². The summed E-state index contributed by atoms with van der Waals surface area (Å²) in [5.41, 5.74) is 0. The SMILES string of the molecule is CNCCN(CCOC)CC(C)C. The number of nitrogens with zero attached hydrogens (tertiary/aromatic N) is 1. The van der Waals surface area contributed by atoms with Crippen LogP contribution in [0.25, 0.3) is 0 Å². The molecule has 0 radical (unpaired) electrons. The maximum Gasteiger partial charge on any atom is 0.0589 e. The van der Waals surface area contributed by atoms with Gasteiger partial charge < -0.3 is 10.1 Å². The second kappa shape index (κ2) is 8.48. The van der Waals surface area contributed by atoms with Crippen LogP contribution in [-0.2, 0) is 4.74 Å². The topological polar surface area (TPSA) is 24.5 Å². The van der Waals surface area contributed by atoms with E-state index < -0.39 is 0 Å². The van der Waals surface area contributed by atoms with Crippen LogP contribution in [0.15, 0.2) is 0 Å². The monoisotopic (exact) mass is 188 g/mol. The van der Waals surface area contributed by atoms with Crippen LogP contribution in [0, 0.1) is 5.92 Å². The van der Waals surface area contributed by atoms with Gasteiger partial charge in [-0.25, -0.2) is 0 Å². The molecule has 80 valence electrons. The summed E-state index contributed by atoms with van der Waals surface area (Å²) in [6.45, 7) is 9.69. The molecule has 0 aliphatic heterocycles. The van der Waals surface area contributed by atoms with Gasteiger partial charge in [0, 0.05) is 33.3 Å². The predicted octanol–water partition coefficient (Wildman–Crippen LogP) is 0.810. The first-order chi connectivity index (χ1) is 6.20. The molecule has 0 aromatic carbocycles. The fourth-order valence-electron chi connectivity index (χ4n) is 1.30. The Bertz CT molecular complexity index is 99.1. The molecule has 0 spiro atoms. The Morgan fingerprint density at radius 2 is 2.00 bits per heavy atom. The van der Waals surface area contributed by atoms with Crippen molar-refractivity contribution >= 4 is 0 Å². The van der Waals surface area contributed by atoms with Gasteiger partial charge in [0.2, 0.25) is 0 Å². The van der Waals surface area contributed by atoms with Gasteiger partial charge in [0.25, 0.3) is 0 Å². The molecule has 0 bridgehead atoms. The molecule has 3 nitrogen and oxygen atoms in total. The zero-order valence-corrected chi connectivity index (χ0v) is 9.47. The summed E-state index contributed by atoms with van der Waals surface area (Å²) in [5, 5.41) is 3.17. The minimum absolute atomic E-state index is 0.730. The molecule has 0 saturated carbocycles. The van der Waals surface area contributed by atoms with Crippen LogP contribution in [0.4, 0.5) is 0 Å². The van der Waals surface area contributed by atoms with Crippen molar-refractivity contribution in [2.45, 2.75) is 13.8 Å². The quantitative estimate of drug-likeness (QED) is 0.610. The van der Waals surface area contributed by atoms with E-state index in [1.807, 2.05) is 7.05 Å². The second-order valence-corrected chi connectivity index (χ2v) is 3.79. The van der Waals surface area contributed by atoms with Crippen LogP contribution in [0.3, 0.4) is 0 Å². The first-order valence-electron chi connectivity index (χ1n) is 5.06. The van der Waals surface area contributed by atoms with E-state index in [0.717, 1.165) is 38.7 Å². The smallest absolute Gasteiger partial charge is 0.0589 e. The van der Waals surface area contributed by atoms with Gasteiger partial charge in [-0.2, -0.15) is 0 Å². The van der Waals surface area contributed by atoms with Crippen molar-refractivity contribution in [1.82, 2.24) is 10.2 Å². The predicted molar refractivity (Wildman–Crippen MR) is 57.1 cm³/mol. The summed E-state index contributed by atoms with van der Waals surface area (Å²) in [6.07, 6.45) is 0. The van der Waals surface area contributed by atoms with E-state index in [9.17, 15) is 0 Å². The fraction of sp³-hybridized carbons (Fsp3) is 1.00. The van der Waals surface area contributed by atoms with E-state index in [1.165, 1.54) is 0 Å². The van der Waals surface area contributed by atoms with Gasteiger partial charge in [0.15, 0.2) is 0 Å². The molecule has 0 heterocycles. The molecule has 0 aromatic rings. The van der Waals surface area contributed by atoms with Gasteiger partial charge in [0.1, 0.15) is 0 Å². The molecule has 0 unspecified atom stereocenters. The van der Waals surface area contributed by atoms with Crippen LogP contribution in [0.2, 0.25) is 0 Å². The van der Waals surface area contributed by atoms with Crippen molar-refractivity contribution < 1.29 is 4.74 Å². The lowest BCUT2D eigenvalue weighted by Crippen LogP contribution is -2.35. The lowest BCUT2D eigenvalue weighted by Gasteiger charge is -2.23. The highest BCUT2D eigenvalue weighted by Gasteiger charge is 2.05. The molecule has 3 heteroatoms. The zero-order valence-electron chi connectivity index (χ0n) is 9.47. The van der Waals surface area contributed by atoms with Crippen molar-refractivity contribution in [3.05, 3.63) is 0 Å². The maximum atomic E-state index is 5.07. The Morgan fingerprint density at radius 3 is 2.46 bits per heavy atom. The normalized spacial score (nSPS) is 11.5. The third-order valence-electron chi connectivity index (χ3n) is 1.91. The Kier molecular flexibility index (Phi) is 8.40. The molecule has 13 heavy (non-hydrogen) atoms. The molecule has 0 atom stereocenters. The summed E-state index contributed by atoms with van der Waals surface area (Å²) < 4.78 is 5.07. The molecular weight excluding hydrogens is 164 g/mol. The molecule has 0 aliphatic carbocycles. The minimum Gasteiger partial charge on any atom is -0.383 e. The van der Waals surface area contributed by atoms with E-state index in [2.05, 4.69) is 24.1 Å². The van der Waals surface area contributed by atoms with Crippen LogP contribution in [-0.4, -0.2) is 51.8 Å².